The molecule has 21 heavy (non-hydrogen) atoms. The summed E-state index contributed by atoms with van der Waals surface area (Å²) in [5, 5.41) is 11.9. The number of benzene rings is 2. The Hall–Kier alpha value is -2.34. The van der Waals surface area contributed by atoms with E-state index in [0.717, 1.165) is 0 Å². The molecule has 3 rings (SSSR count). The number of hydrogen-bond donors (Lipinski definition) is 2. The first-order valence-electron chi connectivity index (χ1n) is 6.41. The van der Waals surface area contributed by atoms with Gasteiger partial charge in [0.15, 0.2) is 0 Å². The van der Waals surface area contributed by atoms with Crippen LogP contribution in [0.25, 0.3) is 0 Å². The summed E-state index contributed by atoms with van der Waals surface area (Å²) in [7, 11) is -3.65. The Morgan fingerprint density at radius 3 is 2.48 bits per heavy atom. The van der Waals surface area contributed by atoms with E-state index in [1.807, 2.05) is 0 Å². The van der Waals surface area contributed by atoms with Crippen molar-refractivity contribution in [2.75, 3.05) is 5.32 Å². The molecule has 0 aliphatic carbocycles. The predicted octanol–water partition coefficient (Wildman–Crippen LogP) is 1.94. The highest BCUT2D eigenvalue weighted by Crippen LogP contribution is 2.34. The Morgan fingerprint density at radius 1 is 1.10 bits per heavy atom. The van der Waals surface area contributed by atoms with Crippen LogP contribution in [0.5, 0.6) is 0 Å². The van der Waals surface area contributed by atoms with Crippen molar-refractivity contribution in [3.05, 3.63) is 54.1 Å². The summed E-state index contributed by atoms with van der Waals surface area (Å²) in [5.74, 6) is -0.991. The van der Waals surface area contributed by atoms with Gasteiger partial charge in [0.1, 0.15) is 6.04 Å². The van der Waals surface area contributed by atoms with Crippen molar-refractivity contribution in [3.63, 3.8) is 0 Å². The van der Waals surface area contributed by atoms with E-state index in [2.05, 4.69) is 5.32 Å². The molecule has 0 bridgehead atoms. The van der Waals surface area contributed by atoms with Crippen LogP contribution in [0.3, 0.4) is 0 Å². The van der Waals surface area contributed by atoms with Gasteiger partial charge in [0.05, 0.1) is 9.79 Å². The van der Waals surface area contributed by atoms with Crippen LogP contribution >= 0.6 is 0 Å². The van der Waals surface area contributed by atoms with E-state index < -0.39 is 21.8 Å². The molecule has 1 atom stereocenters. The Labute approximate surface area is 122 Å². The third kappa shape index (κ3) is 2.27. The van der Waals surface area contributed by atoms with E-state index in [9.17, 15) is 13.2 Å². The van der Waals surface area contributed by atoms with Crippen molar-refractivity contribution >= 4 is 21.5 Å². The molecular weight excluding hydrogens is 290 g/mol. The number of fused-ring (bicyclic) bond motifs is 1. The molecule has 0 amide bonds. The number of carboxylic acid groups (broad SMARTS) is 1. The molecule has 0 saturated carbocycles. The van der Waals surface area contributed by atoms with E-state index in [-0.39, 0.29) is 16.2 Å². The smallest absolute Gasteiger partial charge is 0.326 e. The fourth-order valence-electron chi connectivity index (χ4n) is 2.48. The van der Waals surface area contributed by atoms with Gasteiger partial charge in [-0.15, -0.1) is 0 Å². The number of carbonyl (C=O) groups is 1. The van der Waals surface area contributed by atoms with Crippen LogP contribution in [0, 0.1) is 0 Å². The van der Waals surface area contributed by atoms with Crippen LogP contribution in [0.1, 0.15) is 5.56 Å². The van der Waals surface area contributed by atoms with Crippen LogP contribution in [0.4, 0.5) is 5.69 Å². The van der Waals surface area contributed by atoms with Crippen LogP contribution in [0.15, 0.2) is 58.3 Å². The molecule has 2 aromatic carbocycles. The quantitative estimate of drug-likeness (QED) is 0.905. The Kier molecular flexibility index (Phi) is 3.17. The molecule has 2 aromatic rings. The first-order chi connectivity index (χ1) is 10.00. The Morgan fingerprint density at radius 2 is 1.81 bits per heavy atom. The van der Waals surface area contributed by atoms with Gasteiger partial charge >= 0.3 is 5.97 Å². The third-order valence-corrected chi connectivity index (χ3v) is 5.37. The van der Waals surface area contributed by atoms with Crippen molar-refractivity contribution in [3.8, 4) is 0 Å². The van der Waals surface area contributed by atoms with Gasteiger partial charge in [-0.05, 0) is 29.8 Å². The Balaban J connectivity index is 2.11. The molecule has 0 saturated heterocycles. The topological polar surface area (TPSA) is 83.5 Å². The van der Waals surface area contributed by atoms with Crippen molar-refractivity contribution in [1.29, 1.82) is 0 Å². The second-order valence-electron chi connectivity index (χ2n) is 4.84. The maximum absolute atomic E-state index is 12.7. The standard InChI is InChI=1S/C15H13NO4S/c17-15(18)13-9-11-12(16-13)7-4-8-14(11)21(19,20)10-5-2-1-3-6-10/h1-8,13,16H,9H2,(H,17,18). The largest absolute Gasteiger partial charge is 0.480 e. The fraction of sp³-hybridized carbons (Fsp3) is 0.133. The number of nitrogens with one attached hydrogen (secondary N) is 1. The zero-order chi connectivity index (χ0) is 15.0. The first kappa shape index (κ1) is 13.6. The zero-order valence-electron chi connectivity index (χ0n) is 11.0. The average molecular weight is 303 g/mol. The number of sulfone groups is 1. The summed E-state index contributed by atoms with van der Waals surface area (Å²) in [6, 6.07) is 12.2. The number of hydrogen-bond acceptors (Lipinski definition) is 4. The van der Waals surface area contributed by atoms with Crippen LogP contribution in [-0.4, -0.2) is 25.5 Å². The van der Waals surface area contributed by atoms with E-state index in [1.54, 1.807) is 30.3 Å². The van der Waals surface area contributed by atoms with Gasteiger partial charge in [0, 0.05) is 12.1 Å². The summed E-state index contributed by atoms with van der Waals surface area (Å²) in [4.78, 5) is 11.5. The lowest BCUT2D eigenvalue weighted by molar-refractivity contribution is -0.137. The molecule has 1 heterocycles. The normalized spacial score (nSPS) is 17.0. The maximum Gasteiger partial charge on any atom is 0.326 e. The molecule has 2 N–H and O–H groups in total. The van der Waals surface area contributed by atoms with Gasteiger partial charge in [-0.3, -0.25) is 0 Å². The summed E-state index contributed by atoms with van der Waals surface area (Å²) in [6.45, 7) is 0. The molecule has 1 unspecified atom stereocenters. The molecular formula is C15H13NO4S. The summed E-state index contributed by atoms with van der Waals surface area (Å²) >= 11 is 0. The van der Waals surface area contributed by atoms with Gasteiger partial charge in [0.2, 0.25) is 9.84 Å². The highest BCUT2D eigenvalue weighted by Gasteiger charge is 2.32. The van der Waals surface area contributed by atoms with Gasteiger partial charge in [-0.25, -0.2) is 13.2 Å². The molecule has 0 fully saturated rings. The second kappa shape index (κ2) is 4.89. The van der Waals surface area contributed by atoms with Crippen molar-refractivity contribution in [2.45, 2.75) is 22.3 Å². The van der Waals surface area contributed by atoms with Crippen LogP contribution in [0.2, 0.25) is 0 Å². The number of aliphatic carboxylic acids is 1. The number of carboxylic acids is 1. The SMILES string of the molecule is O=C(O)C1Cc2c(cccc2S(=O)(=O)c2ccccc2)N1. The predicted molar refractivity (Wildman–Crippen MR) is 77.1 cm³/mol. The lowest BCUT2D eigenvalue weighted by atomic mass is 10.1. The lowest BCUT2D eigenvalue weighted by Crippen LogP contribution is -2.26. The van der Waals surface area contributed by atoms with Crippen LogP contribution in [-0.2, 0) is 21.1 Å². The molecule has 5 nitrogen and oxygen atoms in total. The van der Waals surface area contributed by atoms with Gasteiger partial charge in [-0.2, -0.15) is 0 Å². The third-order valence-electron chi connectivity index (χ3n) is 3.51. The highest BCUT2D eigenvalue weighted by atomic mass is 32.2. The van der Waals surface area contributed by atoms with Gasteiger partial charge < -0.3 is 10.4 Å². The summed E-state index contributed by atoms with van der Waals surface area (Å²) in [5.41, 5.74) is 1.10. The van der Waals surface area contributed by atoms with E-state index in [4.69, 9.17) is 5.11 Å². The highest BCUT2D eigenvalue weighted by molar-refractivity contribution is 7.91. The molecule has 6 heteroatoms. The zero-order valence-corrected chi connectivity index (χ0v) is 11.8. The van der Waals surface area contributed by atoms with E-state index >= 15 is 0 Å². The average Bonchev–Trinajstić information content (AvgIpc) is 2.92. The van der Waals surface area contributed by atoms with Gasteiger partial charge in [0.25, 0.3) is 0 Å². The van der Waals surface area contributed by atoms with Crippen molar-refractivity contribution in [1.82, 2.24) is 0 Å². The number of rotatable bonds is 3. The van der Waals surface area contributed by atoms with Crippen molar-refractivity contribution < 1.29 is 18.3 Å². The molecule has 1 aliphatic heterocycles. The second-order valence-corrected chi connectivity index (χ2v) is 6.76. The van der Waals surface area contributed by atoms with Gasteiger partial charge in [-0.1, -0.05) is 24.3 Å². The Bertz CT molecular complexity index is 800. The lowest BCUT2D eigenvalue weighted by Gasteiger charge is -2.09. The van der Waals surface area contributed by atoms with E-state index in [1.165, 1.54) is 18.2 Å². The fourth-order valence-corrected chi connectivity index (χ4v) is 4.03. The maximum atomic E-state index is 12.7. The molecule has 0 spiro atoms. The molecule has 1 aliphatic rings. The minimum absolute atomic E-state index is 0.160. The van der Waals surface area contributed by atoms with E-state index in [0.29, 0.717) is 11.3 Å². The minimum Gasteiger partial charge on any atom is -0.480 e. The molecule has 108 valence electrons. The number of anilines is 1. The molecule has 0 radical (unpaired) electrons. The molecule has 0 aromatic heterocycles. The first-order valence-corrected chi connectivity index (χ1v) is 7.90. The minimum atomic E-state index is -3.65. The monoisotopic (exact) mass is 303 g/mol. The summed E-state index contributed by atoms with van der Waals surface area (Å²) < 4.78 is 25.4. The van der Waals surface area contributed by atoms with Crippen LogP contribution < -0.4 is 5.32 Å². The summed E-state index contributed by atoms with van der Waals surface area (Å²) in [6.07, 6.45) is 0.160. The van der Waals surface area contributed by atoms with Crippen molar-refractivity contribution in [2.24, 2.45) is 0 Å².